The molecule has 2 aliphatic rings. The summed E-state index contributed by atoms with van der Waals surface area (Å²) in [5.41, 5.74) is 0. The van der Waals surface area contributed by atoms with Gasteiger partial charge in [0.1, 0.15) is 0 Å². The van der Waals surface area contributed by atoms with Gasteiger partial charge in [0, 0.05) is 0 Å². The van der Waals surface area contributed by atoms with Gasteiger partial charge in [-0.1, -0.05) is 90.9 Å². The number of hydrogen-bond donors (Lipinski definition) is 0. The molecule has 0 heteroatoms. The van der Waals surface area contributed by atoms with Crippen molar-refractivity contribution in [1.29, 1.82) is 0 Å². The van der Waals surface area contributed by atoms with Crippen molar-refractivity contribution in [2.45, 2.75) is 97.3 Å². The van der Waals surface area contributed by atoms with Crippen LogP contribution in [0.25, 0.3) is 0 Å². The lowest BCUT2D eigenvalue weighted by Crippen LogP contribution is -2.01. The van der Waals surface area contributed by atoms with Crippen LogP contribution in [0.5, 0.6) is 0 Å². The Labute approximate surface area is 121 Å². The molecular formula is C19H36. The van der Waals surface area contributed by atoms with Crippen molar-refractivity contribution in [2.75, 3.05) is 0 Å². The summed E-state index contributed by atoms with van der Waals surface area (Å²) >= 11 is 0. The van der Waals surface area contributed by atoms with Crippen molar-refractivity contribution in [3.8, 4) is 0 Å². The van der Waals surface area contributed by atoms with E-state index in [-0.39, 0.29) is 0 Å². The van der Waals surface area contributed by atoms with Crippen molar-refractivity contribution in [3.05, 3.63) is 0 Å². The molecule has 2 rings (SSSR count). The van der Waals surface area contributed by atoms with Crippen LogP contribution in [0, 0.1) is 23.7 Å². The zero-order valence-corrected chi connectivity index (χ0v) is 13.5. The zero-order valence-electron chi connectivity index (χ0n) is 13.5. The summed E-state index contributed by atoms with van der Waals surface area (Å²) in [4.78, 5) is 0. The van der Waals surface area contributed by atoms with Crippen molar-refractivity contribution in [1.82, 2.24) is 0 Å². The molecule has 0 amide bonds. The summed E-state index contributed by atoms with van der Waals surface area (Å²) in [6.45, 7) is 5.00. The molecule has 19 heavy (non-hydrogen) atoms. The third-order valence-corrected chi connectivity index (χ3v) is 5.84. The van der Waals surface area contributed by atoms with E-state index in [2.05, 4.69) is 13.8 Å². The van der Waals surface area contributed by atoms with Gasteiger partial charge >= 0.3 is 0 Å². The summed E-state index contributed by atoms with van der Waals surface area (Å²) in [5.74, 6) is 4.25. The highest BCUT2D eigenvalue weighted by molar-refractivity contribution is 4.89. The smallest absolute Gasteiger partial charge is 0.0357 e. The molecule has 2 aliphatic carbocycles. The number of fused-ring (bicyclic) bond motifs is 1. The van der Waals surface area contributed by atoms with E-state index in [0.717, 1.165) is 23.7 Å². The fraction of sp³-hybridized carbons (Fsp3) is 1.00. The minimum atomic E-state index is 0.984. The molecule has 0 N–H and O–H groups in total. The fourth-order valence-corrected chi connectivity index (χ4v) is 4.22. The minimum absolute atomic E-state index is 0.984. The predicted molar refractivity (Wildman–Crippen MR) is 85.3 cm³/mol. The van der Waals surface area contributed by atoms with E-state index in [1.165, 1.54) is 70.6 Å². The first-order valence-electron chi connectivity index (χ1n) is 9.27. The van der Waals surface area contributed by atoms with Crippen LogP contribution in [0.4, 0.5) is 0 Å². The maximum Gasteiger partial charge on any atom is -0.0357 e. The molecule has 0 radical (unpaired) electrons. The molecule has 112 valence electrons. The summed E-state index contributed by atoms with van der Waals surface area (Å²) in [6.07, 6.45) is 19.6. The highest BCUT2D eigenvalue weighted by Crippen LogP contribution is 2.48. The molecule has 2 fully saturated rings. The van der Waals surface area contributed by atoms with Gasteiger partial charge in [-0.15, -0.1) is 0 Å². The fourth-order valence-electron chi connectivity index (χ4n) is 4.22. The number of hydrogen-bond acceptors (Lipinski definition) is 0. The average molecular weight is 264 g/mol. The van der Waals surface area contributed by atoms with Crippen molar-refractivity contribution < 1.29 is 0 Å². The van der Waals surface area contributed by atoms with Crippen LogP contribution in [0.2, 0.25) is 0 Å². The molecule has 0 bridgehead atoms. The van der Waals surface area contributed by atoms with Crippen LogP contribution in [0.3, 0.4) is 0 Å². The predicted octanol–water partition coefficient (Wildman–Crippen LogP) is 6.59. The Kier molecular flexibility index (Phi) is 6.74. The minimum Gasteiger partial charge on any atom is -0.0625 e. The van der Waals surface area contributed by atoms with E-state index in [9.17, 15) is 0 Å². The van der Waals surface area contributed by atoms with E-state index in [1.54, 1.807) is 12.8 Å². The molecule has 0 aromatic heterocycles. The topological polar surface area (TPSA) is 0 Å². The van der Waals surface area contributed by atoms with Crippen LogP contribution in [0.1, 0.15) is 97.3 Å². The molecule has 4 atom stereocenters. The normalized spacial score (nSPS) is 39.5. The lowest BCUT2D eigenvalue weighted by Gasteiger charge is -2.14. The molecule has 0 spiro atoms. The second-order valence-electron chi connectivity index (χ2n) is 7.73. The van der Waals surface area contributed by atoms with Gasteiger partial charge in [-0.2, -0.15) is 0 Å². The van der Waals surface area contributed by atoms with E-state index >= 15 is 0 Å². The van der Waals surface area contributed by atoms with E-state index in [4.69, 9.17) is 0 Å². The first-order valence-corrected chi connectivity index (χ1v) is 9.27. The quantitative estimate of drug-likeness (QED) is 0.463. The molecule has 0 aromatic rings. The van der Waals surface area contributed by atoms with Crippen molar-refractivity contribution in [3.63, 3.8) is 0 Å². The largest absolute Gasteiger partial charge is 0.0625 e. The Morgan fingerprint density at radius 3 is 1.84 bits per heavy atom. The molecule has 2 saturated carbocycles. The summed E-state index contributed by atoms with van der Waals surface area (Å²) in [5, 5.41) is 0. The molecule has 0 heterocycles. The summed E-state index contributed by atoms with van der Waals surface area (Å²) < 4.78 is 0. The van der Waals surface area contributed by atoms with E-state index in [0.29, 0.717) is 0 Å². The molecule has 0 aromatic carbocycles. The monoisotopic (exact) mass is 264 g/mol. The average Bonchev–Trinajstić information content (AvgIpc) is 3.15. The van der Waals surface area contributed by atoms with Gasteiger partial charge in [0.15, 0.2) is 0 Å². The molecule has 0 nitrogen and oxygen atoms in total. The van der Waals surface area contributed by atoms with Crippen LogP contribution in [-0.4, -0.2) is 0 Å². The Bertz CT molecular complexity index is 232. The van der Waals surface area contributed by atoms with Gasteiger partial charge in [-0.05, 0) is 30.1 Å². The second kappa shape index (κ2) is 8.32. The molecule has 0 saturated heterocycles. The maximum absolute atomic E-state index is 2.52. The standard InChI is InChI=1S/C19H36/c1-16-11-7-4-3-5-10-14-18-15-19(18)17(2)13-9-6-8-12-16/h16-19H,3-15H2,1-2H3. The van der Waals surface area contributed by atoms with Gasteiger partial charge in [-0.3, -0.25) is 0 Å². The zero-order chi connectivity index (χ0) is 13.5. The van der Waals surface area contributed by atoms with Crippen molar-refractivity contribution >= 4 is 0 Å². The maximum atomic E-state index is 2.52. The van der Waals surface area contributed by atoms with Crippen LogP contribution >= 0.6 is 0 Å². The van der Waals surface area contributed by atoms with Gasteiger partial charge in [0.05, 0.1) is 0 Å². The Morgan fingerprint density at radius 1 is 0.579 bits per heavy atom. The summed E-state index contributed by atoms with van der Waals surface area (Å²) in [7, 11) is 0. The van der Waals surface area contributed by atoms with Crippen LogP contribution < -0.4 is 0 Å². The van der Waals surface area contributed by atoms with Gasteiger partial charge in [0.25, 0.3) is 0 Å². The molecule has 4 unspecified atom stereocenters. The van der Waals surface area contributed by atoms with Crippen molar-refractivity contribution in [2.24, 2.45) is 23.7 Å². The Morgan fingerprint density at radius 2 is 1.11 bits per heavy atom. The molecular weight excluding hydrogens is 228 g/mol. The van der Waals surface area contributed by atoms with Crippen LogP contribution in [-0.2, 0) is 0 Å². The molecule has 0 aliphatic heterocycles. The van der Waals surface area contributed by atoms with Gasteiger partial charge < -0.3 is 0 Å². The third kappa shape index (κ3) is 5.88. The van der Waals surface area contributed by atoms with E-state index in [1.807, 2.05) is 0 Å². The number of rotatable bonds is 0. The highest BCUT2D eigenvalue weighted by Gasteiger charge is 2.39. The summed E-state index contributed by atoms with van der Waals surface area (Å²) in [6, 6.07) is 0. The second-order valence-corrected chi connectivity index (χ2v) is 7.73. The van der Waals surface area contributed by atoms with Gasteiger partial charge in [-0.25, -0.2) is 0 Å². The Balaban J connectivity index is 1.68. The lowest BCUT2D eigenvalue weighted by molar-refractivity contribution is 0.387. The van der Waals surface area contributed by atoms with Gasteiger partial charge in [0.2, 0.25) is 0 Å². The Hall–Kier alpha value is 0. The highest BCUT2D eigenvalue weighted by atomic mass is 14.4. The third-order valence-electron chi connectivity index (χ3n) is 5.84. The SMILES string of the molecule is CC1CCCCCCCC2CC2C(C)CCCCC1. The van der Waals surface area contributed by atoms with Crippen LogP contribution in [0.15, 0.2) is 0 Å². The first kappa shape index (κ1) is 15.4. The lowest BCUT2D eigenvalue weighted by atomic mass is 9.92. The van der Waals surface area contributed by atoms with E-state index < -0.39 is 0 Å². The first-order chi connectivity index (χ1) is 9.27.